The van der Waals surface area contributed by atoms with Crippen LogP contribution in [0, 0.1) is 0 Å². The van der Waals surface area contributed by atoms with E-state index in [1.54, 1.807) is 14.2 Å². The molecule has 3 rings (SSSR count). The van der Waals surface area contributed by atoms with Gasteiger partial charge in [0.15, 0.2) is 5.76 Å². The summed E-state index contributed by atoms with van der Waals surface area (Å²) >= 11 is 0. The van der Waals surface area contributed by atoms with Crippen molar-refractivity contribution in [2.45, 2.75) is 6.42 Å². The van der Waals surface area contributed by atoms with Gasteiger partial charge in [-0.1, -0.05) is 17.3 Å². The molecular weight excluding hydrogens is 382 g/mol. The van der Waals surface area contributed by atoms with E-state index in [1.807, 2.05) is 48.5 Å². The van der Waals surface area contributed by atoms with Gasteiger partial charge < -0.3 is 37.5 Å². The number of methoxy groups -OCH3 is 2. The smallest absolute Gasteiger partial charge is 0.231 e. The van der Waals surface area contributed by atoms with Gasteiger partial charge in [-0.15, -0.1) is 0 Å². The predicted octanol–water partition coefficient (Wildman–Crippen LogP) is -1.11. The lowest BCUT2D eigenvalue weighted by Gasteiger charge is -2.07. The zero-order valence-corrected chi connectivity index (χ0v) is 16.5. The van der Waals surface area contributed by atoms with E-state index in [0.717, 1.165) is 28.2 Å². The Bertz CT molecular complexity index is 908. The highest BCUT2D eigenvalue weighted by atomic mass is 35.5. The summed E-state index contributed by atoms with van der Waals surface area (Å²) in [5.74, 6) is 1.83. The van der Waals surface area contributed by atoms with Crippen molar-refractivity contribution in [3.63, 3.8) is 0 Å². The van der Waals surface area contributed by atoms with Gasteiger partial charge in [0, 0.05) is 5.56 Å². The summed E-state index contributed by atoms with van der Waals surface area (Å²) in [5.41, 5.74) is 6.84. The maximum Gasteiger partial charge on any atom is 0.231 e. The molecule has 3 aromatic rings. The number of ether oxygens (including phenoxy) is 2. The zero-order valence-electron chi connectivity index (χ0n) is 15.7. The van der Waals surface area contributed by atoms with Crippen molar-refractivity contribution in [3.05, 3.63) is 54.3 Å². The highest BCUT2D eigenvalue weighted by Gasteiger charge is 2.21. The van der Waals surface area contributed by atoms with Crippen LogP contribution in [0.5, 0.6) is 11.5 Å². The molecule has 0 saturated heterocycles. The lowest BCUT2D eigenvalue weighted by Crippen LogP contribution is -3.00. The third kappa shape index (κ3) is 4.62. The van der Waals surface area contributed by atoms with E-state index in [2.05, 4.69) is 16.2 Å². The van der Waals surface area contributed by atoms with Crippen LogP contribution in [0.3, 0.4) is 0 Å². The van der Waals surface area contributed by atoms with E-state index in [0.29, 0.717) is 18.1 Å². The Morgan fingerprint density at radius 3 is 2.04 bits per heavy atom. The van der Waals surface area contributed by atoms with Gasteiger partial charge in [-0.3, -0.25) is 4.79 Å². The number of carbonyl (C=O) groups is 1. The van der Waals surface area contributed by atoms with Crippen LogP contribution >= 0.6 is 0 Å². The predicted molar refractivity (Wildman–Crippen MR) is 100 cm³/mol. The minimum absolute atomic E-state index is 0. The number of rotatable bonds is 7. The maximum absolute atomic E-state index is 12.1. The Labute approximate surface area is 169 Å². The molecule has 0 saturated carbocycles. The highest BCUT2D eigenvalue weighted by molar-refractivity contribution is 5.86. The minimum atomic E-state index is -0.169. The molecule has 0 bridgehead atoms. The van der Waals surface area contributed by atoms with Gasteiger partial charge in [0.1, 0.15) is 23.9 Å². The van der Waals surface area contributed by atoms with Crippen LogP contribution in [-0.4, -0.2) is 32.0 Å². The first kappa shape index (κ1) is 21.3. The average Bonchev–Trinajstić information content (AvgIpc) is 3.11. The van der Waals surface area contributed by atoms with Crippen molar-refractivity contribution in [2.75, 3.05) is 20.9 Å². The van der Waals surface area contributed by atoms with Crippen molar-refractivity contribution < 1.29 is 36.9 Å². The third-order valence-electron chi connectivity index (χ3n) is 4.15. The van der Waals surface area contributed by atoms with Crippen LogP contribution in [-0.2, 0) is 11.2 Å². The van der Waals surface area contributed by atoms with Crippen LogP contribution in [0.25, 0.3) is 22.4 Å². The van der Waals surface area contributed by atoms with Crippen LogP contribution in [0.1, 0.15) is 5.76 Å². The van der Waals surface area contributed by atoms with Crippen molar-refractivity contribution in [1.82, 2.24) is 10.5 Å². The normalized spacial score (nSPS) is 10.1. The SMILES string of the molecule is COc1ccc(-c2noc(CC(=O)NC[NH3+])c2-c2ccc(OC)cc2)cc1.[Cl-]. The van der Waals surface area contributed by atoms with Crippen molar-refractivity contribution >= 4 is 5.91 Å². The molecule has 0 fully saturated rings. The van der Waals surface area contributed by atoms with Crippen LogP contribution in [0.2, 0.25) is 0 Å². The van der Waals surface area contributed by atoms with Gasteiger partial charge in [-0.05, 0) is 42.0 Å². The maximum atomic E-state index is 12.1. The molecule has 28 heavy (non-hydrogen) atoms. The van der Waals surface area contributed by atoms with E-state index >= 15 is 0 Å². The second-order valence-corrected chi connectivity index (χ2v) is 5.81. The molecule has 1 aromatic heterocycles. The molecule has 2 aromatic carbocycles. The molecule has 4 N–H and O–H groups in total. The summed E-state index contributed by atoms with van der Waals surface area (Å²) in [6.07, 6.45) is 0.0834. The third-order valence-corrected chi connectivity index (χ3v) is 4.15. The molecule has 8 heteroatoms. The molecular formula is C20H22ClN3O4. The number of hydrogen-bond donors (Lipinski definition) is 2. The first-order valence-electron chi connectivity index (χ1n) is 8.49. The Morgan fingerprint density at radius 1 is 1.00 bits per heavy atom. The first-order valence-corrected chi connectivity index (χ1v) is 8.49. The van der Waals surface area contributed by atoms with Gasteiger partial charge in [0.05, 0.1) is 26.2 Å². The van der Waals surface area contributed by atoms with Gasteiger partial charge in [0.2, 0.25) is 5.91 Å². The second kappa shape index (κ2) is 9.77. The number of carbonyl (C=O) groups excluding carboxylic acids is 1. The number of aromatic nitrogens is 1. The second-order valence-electron chi connectivity index (χ2n) is 5.81. The first-order chi connectivity index (χ1) is 13.2. The minimum Gasteiger partial charge on any atom is -1.00 e. The van der Waals surface area contributed by atoms with Gasteiger partial charge >= 0.3 is 0 Å². The largest absolute Gasteiger partial charge is 1.00 e. The van der Waals surface area contributed by atoms with Gasteiger partial charge in [-0.25, -0.2) is 0 Å². The summed E-state index contributed by atoms with van der Waals surface area (Å²) in [6.45, 7) is 0.316. The summed E-state index contributed by atoms with van der Waals surface area (Å²) in [7, 11) is 3.24. The number of nitrogens with zero attached hydrogens (tertiary/aromatic N) is 1. The van der Waals surface area contributed by atoms with Gasteiger partial charge in [0.25, 0.3) is 0 Å². The number of halogens is 1. The number of nitrogens with one attached hydrogen (secondary N) is 1. The molecule has 0 aliphatic heterocycles. The summed E-state index contributed by atoms with van der Waals surface area (Å²) in [5, 5.41) is 6.91. The number of hydrogen-bond acceptors (Lipinski definition) is 5. The van der Waals surface area contributed by atoms with E-state index < -0.39 is 0 Å². The standard InChI is InChI=1S/C20H21N3O4.ClH/c1-25-15-7-3-13(4-8-15)19-17(11-18(24)22-12-21)27-23-20(19)14-5-9-16(26-2)10-6-14;/h3-10H,11-12,21H2,1-2H3,(H,22,24);1H. The Kier molecular flexibility index (Phi) is 7.43. The van der Waals surface area contributed by atoms with E-state index in [9.17, 15) is 4.79 Å². The zero-order chi connectivity index (χ0) is 19.2. The van der Waals surface area contributed by atoms with Crippen molar-refractivity contribution in [2.24, 2.45) is 0 Å². The molecule has 0 spiro atoms. The average molecular weight is 404 g/mol. The molecule has 0 aliphatic carbocycles. The molecule has 0 unspecified atom stereocenters. The molecule has 1 amide bonds. The Morgan fingerprint density at radius 2 is 1.54 bits per heavy atom. The molecule has 0 atom stereocenters. The van der Waals surface area contributed by atoms with Gasteiger partial charge in [-0.2, -0.15) is 0 Å². The summed E-state index contributed by atoms with van der Waals surface area (Å²) in [4.78, 5) is 12.1. The summed E-state index contributed by atoms with van der Waals surface area (Å²) < 4.78 is 16.0. The van der Waals surface area contributed by atoms with Crippen molar-refractivity contribution in [3.8, 4) is 33.9 Å². The Hall–Kier alpha value is -3.03. The quantitative estimate of drug-likeness (QED) is 0.487. The van der Waals surface area contributed by atoms with Crippen LogP contribution in [0.4, 0.5) is 0 Å². The van der Waals surface area contributed by atoms with Crippen LogP contribution in [0.15, 0.2) is 53.1 Å². The Balaban J connectivity index is 0.00000280. The monoisotopic (exact) mass is 403 g/mol. The molecule has 0 radical (unpaired) electrons. The molecule has 148 valence electrons. The van der Waals surface area contributed by atoms with E-state index in [1.165, 1.54) is 0 Å². The van der Waals surface area contributed by atoms with E-state index in [4.69, 9.17) is 14.0 Å². The topological polar surface area (TPSA) is 101 Å². The number of amides is 1. The molecule has 1 heterocycles. The lowest BCUT2D eigenvalue weighted by molar-refractivity contribution is -0.372. The number of quaternary nitrogens is 1. The lowest BCUT2D eigenvalue weighted by atomic mass is 9.98. The fourth-order valence-electron chi connectivity index (χ4n) is 2.79. The fourth-order valence-corrected chi connectivity index (χ4v) is 2.79. The van der Waals surface area contributed by atoms with Crippen molar-refractivity contribution in [1.29, 1.82) is 0 Å². The highest BCUT2D eigenvalue weighted by Crippen LogP contribution is 2.36. The molecule has 0 aliphatic rings. The molecule has 7 nitrogen and oxygen atoms in total. The fraction of sp³-hybridized carbons (Fsp3) is 0.200. The van der Waals surface area contributed by atoms with E-state index in [-0.39, 0.29) is 24.7 Å². The van der Waals surface area contributed by atoms with Crippen LogP contribution < -0.4 is 32.9 Å². The number of benzene rings is 2. The summed E-state index contributed by atoms with van der Waals surface area (Å²) in [6, 6.07) is 15.1.